The molecule has 30 heavy (non-hydrogen) atoms. The molecule has 0 saturated heterocycles. The Morgan fingerprint density at radius 3 is 2.70 bits per heavy atom. The number of hydrogen-bond acceptors (Lipinski definition) is 7. The third kappa shape index (κ3) is 4.22. The minimum atomic E-state index is -0.667. The van der Waals surface area contributed by atoms with Crippen LogP contribution in [0.2, 0.25) is 0 Å². The van der Waals surface area contributed by atoms with Crippen LogP contribution in [-0.2, 0) is 20.7 Å². The summed E-state index contributed by atoms with van der Waals surface area (Å²) in [5.74, 6) is -0.856. The second kappa shape index (κ2) is 8.20. The van der Waals surface area contributed by atoms with Crippen LogP contribution in [0.4, 0.5) is 5.82 Å². The van der Waals surface area contributed by atoms with E-state index in [9.17, 15) is 14.4 Å². The van der Waals surface area contributed by atoms with Crippen molar-refractivity contribution in [2.75, 3.05) is 11.9 Å². The van der Waals surface area contributed by atoms with Gasteiger partial charge in [-0.05, 0) is 36.2 Å². The number of amides is 1. The van der Waals surface area contributed by atoms with Gasteiger partial charge in [-0.15, -0.1) is 0 Å². The molecule has 1 aliphatic heterocycles. The molecule has 1 amide bonds. The van der Waals surface area contributed by atoms with E-state index in [0.717, 1.165) is 5.56 Å². The van der Waals surface area contributed by atoms with E-state index < -0.39 is 30.6 Å². The fraction of sp³-hybridized carbons (Fsp3) is 0.182. The van der Waals surface area contributed by atoms with Crippen molar-refractivity contribution in [1.82, 2.24) is 5.16 Å². The fourth-order valence-corrected chi connectivity index (χ4v) is 3.20. The number of ether oxygens (including phenoxy) is 2. The summed E-state index contributed by atoms with van der Waals surface area (Å²) in [5.41, 5.74) is 2.24. The van der Waals surface area contributed by atoms with Crippen LogP contribution < -0.4 is 5.32 Å². The summed E-state index contributed by atoms with van der Waals surface area (Å²) in [6, 6.07) is 15.6. The topological polar surface area (TPSA) is 108 Å². The highest BCUT2D eigenvalue weighted by Crippen LogP contribution is 2.31. The first kappa shape index (κ1) is 19.4. The summed E-state index contributed by atoms with van der Waals surface area (Å²) < 4.78 is 15.4. The molecule has 0 saturated carbocycles. The summed E-state index contributed by atoms with van der Waals surface area (Å²) in [7, 11) is 0. The van der Waals surface area contributed by atoms with Crippen LogP contribution in [0.3, 0.4) is 0 Å². The third-order valence-electron chi connectivity index (χ3n) is 4.62. The zero-order chi connectivity index (χ0) is 21.1. The van der Waals surface area contributed by atoms with Crippen molar-refractivity contribution in [3.63, 3.8) is 0 Å². The highest BCUT2D eigenvalue weighted by molar-refractivity contribution is 5.97. The number of carbonyl (C=O) groups is 3. The molecule has 152 valence electrons. The van der Waals surface area contributed by atoms with Crippen molar-refractivity contribution >= 4 is 23.7 Å². The molecule has 0 bridgehead atoms. The lowest BCUT2D eigenvalue weighted by Crippen LogP contribution is -2.23. The zero-order valence-corrected chi connectivity index (χ0v) is 16.1. The van der Waals surface area contributed by atoms with Gasteiger partial charge in [0.15, 0.2) is 12.4 Å². The first-order valence-corrected chi connectivity index (χ1v) is 9.29. The zero-order valence-electron chi connectivity index (χ0n) is 16.1. The smallest absolute Gasteiger partial charge is 0.339 e. The number of cyclic esters (lactones) is 1. The van der Waals surface area contributed by atoms with Gasteiger partial charge in [-0.25, -0.2) is 9.59 Å². The van der Waals surface area contributed by atoms with Crippen LogP contribution in [0.25, 0.3) is 0 Å². The van der Waals surface area contributed by atoms with Gasteiger partial charge >= 0.3 is 11.9 Å². The Kier molecular flexibility index (Phi) is 5.30. The predicted octanol–water partition coefficient (Wildman–Crippen LogP) is 3.23. The summed E-state index contributed by atoms with van der Waals surface area (Å²) in [5, 5.41) is 6.10. The normalized spacial score (nSPS) is 15.1. The van der Waals surface area contributed by atoms with E-state index in [1.54, 1.807) is 19.1 Å². The van der Waals surface area contributed by atoms with Crippen LogP contribution in [0.5, 0.6) is 0 Å². The average Bonchev–Trinajstić information content (AvgIpc) is 3.16. The number of fused-ring (bicyclic) bond motifs is 1. The van der Waals surface area contributed by atoms with Gasteiger partial charge < -0.3 is 19.3 Å². The second-order valence-corrected chi connectivity index (χ2v) is 6.83. The molecule has 0 radical (unpaired) electrons. The Morgan fingerprint density at radius 1 is 1.17 bits per heavy atom. The Morgan fingerprint density at radius 2 is 1.97 bits per heavy atom. The van der Waals surface area contributed by atoms with E-state index in [2.05, 4.69) is 10.5 Å². The number of hydrogen-bond donors (Lipinski definition) is 1. The molecule has 8 heteroatoms. The quantitative estimate of drug-likeness (QED) is 0.648. The standard InChI is InChI=1S/C22H18N2O6/c1-13-9-19(24-30-13)23-20(25)12-28-21(26)15-7-8-17-16(10-15)11-18(29-22(17)27)14-5-3-2-4-6-14/h2-10,18H,11-12H2,1H3,(H,23,24,25)/t18-/m1/s1. The molecular formula is C22H18N2O6. The maximum Gasteiger partial charge on any atom is 0.339 e. The molecule has 1 atom stereocenters. The highest BCUT2D eigenvalue weighted by atomic mass is 16.5. The lowest BCUT2D eigenvalue weighted by Gasteiger charge is -2.25. The van der Waals surface area contributed by atoms with Crippen molar-refractivity contribution in [2.45, 2.75) is 19.4 Å². The number of benzene rings is 2. The molecule has 8 nitrogen and oxygen atoms in total. The molecule has 3 aromatic rings. The summed E-state index contributed by atoms with van der Waals surface area (Å²) in [6.45, 7) is 1.22. The van der Waals surface area contributed by atoms with Gasteiger partial charge in [0, 0.05) is 12.5 Å². The number of nitrogens with one attached hydrogen (secondary N) is 1. The predicted molar refractivity (Wildman–Crippen MR) is 105 cm³/mol. The molecule has 4 rings (SSSR count). The maximum absolute atomic E-state index is 12.4. The molecule has 0 aliphatic carbocycles. The average molecular weight is 406 g/mol. The number of esters is 2. The van der Waals surface area contributed by atoms with Crippen LogP contribution in [0.15, 0.2) is 59.1 Å². The van der Waals surface area contributed by atoms with E-state index in [1.807, 2.05) is 30.3 Å². The van der Waals surface area contributed by atoms with Crippen molar-refractivity contribution in [2.24, 2.45) is 0 Å². The van der Waals surface area contributed by atoms with Gasteiger partial charge in [-0.1, -0.05) is 35.5 Å². The first-order chi connectivity index (χ1) is 14.5. The third-order valence-corrected chi connectivity index (χ3v) is 4.62. The molecule has 0 spiro atoms. The van der Waals surface area contributed by atoms with E-state index in [0.29, 0.717) is 23.3 Å². The molecule has 1 N–H and O–H groups in total. The largest absolute Gasteiger partial charge is 0.454 e. The number of rotatable bonds is 5. The van der Waals surface area contributed by atoms with Gasteiger partial charge in [-0.2, -0.15) is 0 Å². The molecule has 2 aromatic carbocycles. The SMILES string of the molecule is Cc1cc(NC(=O)COC(=O)c2ccc3c(c2)C[C@H](c2ccccc2)OC3=O)no1. The summed E-state index contributed by atoms with van der Waals surface area (Å²) in [6.07, 6.45) is 0.0206. The minimum absolute atomic E-state index is 0.243. The molecule has 1 aliphatic rings. The molecular weight excluding hydrogens is 388 g/mol. The summed E-state index contributed by atoms with van der Waals surface area (Å²) >= 11 is 0. The lowest BCUT2D eigenvalue weighted by atomic mass is 9.93. The van der Waals surface area contributed by atoms with Crippen LogP contribution in [0.1, 0.15) is 43.7 Å². The Bertz CT molecular complexity index is 1110. The van der Waals surface area contributed by atoms with E-state index in [1.165, 1.54) is 12.1 Å². The van der Waals surface area contributed by atoms with Gasteiger partial charge in [0.1, 0.15) is 11.9 Å². The fourth-order valence-electron chi connectivity index (χ4n) is 3.20. The maximum atomic E-state index is 12.4. The van der Waals surface area contributed by atoms with Gasteiger partial charge in [-0.3, -0.25) is 4.79 Å². The van der Waals surface area contributed by atoms with E-state index >= 15 is 0 Å². The van der Waals surface area contributed by atoms with Crippen LogP contribution in [-0.4, -0.2) is 29.6 Å². The first-order valence-electron chi connectivity index (χ1n) is 9.29. The number of anilines is 1. The Hall–Kier alpha value is -3.94. The molecule has 0 fully saturated rings. The molecule has 1 aromatic heterocycles. The molecule has 0 unspecified atom stereocenters. The molecule has 2 heterocycles. The van der Waals surface area contributed by atoms with Crippen molar-refractivity contribution < 1.29 is 28.4 Å². The van der Waals surface area contributed by atoms with Gasteiger partial charge in [0.05, 0.1) is 11.1 Å². The van der Waals surface area contributed by atoms with Crippen LogP contribution >= 0.6 is 0 Å². The monoisotopic (exact) mass is 406 g/mol. The number of aromatic nitrogens is 1. The number of nitrogens with zero attached hydrogens (tertiary/aromatic N) is 1. The second-order valence-electron chi connectivity index (χ2n) is 6.83. The van der Waals surface area contributed by atoms with Crippen molar-refractivity contribution in [1.29, 1.82) is 0 Å². The number of carbonyl (C=O) groups excluding carboxylic acids is 3. The number of aryl methyl sites for hydroxylation is 1. The minimum Gasteiger partial charge on any atom is -0.454 e. The Balaban J connectivity index is 1.42. The Labute approximate surface area is 171 Å². The van der Waals surface area contributed by atoms with E-state index in [4.69, 9.17) is 14.0 Å². The lowest BCUT2D eigenvalue weighted by molar-refractivity contribution is -0.119. The van der Waals surface area contributed by atoms with Gasteiger partial charge in [0.2, 0.25) is 0 Å². The van der Waals surface area contributed by atoms with Crippen molar-refractivity contribution in [3.8, 4) is 0 Å². The van der Waals surface area contributed by atoms with Crippen LogP contribution in [0, 0.1) is 6.92 Å². The van der Waals surface area contributed by atoms with E-state index in [-0.39, 0.29) is 11.4 Å². The highest BCUT2D eigenvalue weighted by Gasteiger charge is 2.28. The van der Waals surface area contributed by atoms with Crippen molar-refractivity contribution in [3.05, 3.63) is 82.6 Å². The van der Waals surface area contributed by atoms with Gasteiger partial charge in [0.25, 0.3) is 5.91 Å². The summed E-state index contributed by atoms with van der Waals surface area (Å²) in [4.78, 5) is 36.6.